The molecule has 0 atom stereocenters. The number of fused-ring (bicyclic) bond motifs is 1. The highest BCUT2D eigenvalue weighted by molar-refractivity contribution is 7.16. The van der Waals surface area contributed by atoms with E-state index in [-0.39, 0.29) is 17.9 Å². The summed E-state index contributed by atoms with van der Waals surface area (Å²) in [6, 6.07) is 7.57. The summed E-state index contributed by atoms with van der Waals surface area (Å²) in [5, 5.41) is 5.35. The van der Waals surface area contributed by atoms with Crippen molar-refractivity contribution in [2.45, 2.75) is 26.8 Å². The third-order valence-electron chi connectivity index (χ3n) is 3.91. The normalized spacial score (nSPS) is 10.9. The topological polar surface area (TPSA) is 64.0 Å². The Labute approximate surface area is 137 Å². The highest BCUT2D eigenvalue weighted by atomic mass is 32.1. The number of carbonyl (C=O) groups is 1. The lowest BCUT2D eigenvalue weighted by molar-refractivity contribution is -0.116. The second-order valence-electron chi connectivity index (χ2n) is 5.43. The molecule has 1 N–H and O–H groups in total. The van der Waals surface area contributed by atoms with E-state index in [4.69, 9.17) is 0 Å². The van der Waals surface area contributed by atoms with Gasteiger partial charge in [0.25, 0.3) is 5.56 Å². The van der Waals surface area contributed by atoms with Gasteiger partial charge in [0.15, 0.2) is 0 Å². The number of rotatable bonds is 4. The highest BCUT2D eigenvalue weighted by Gasteiger charge is 2.09. The molecule has 2 aromatic heterocycles. The number of anilines is 1. The number of benzene rings is 1. The van der Waals surface area contributed by atoms with Crippen LogP contribution in [0.3, 0.4) is 0 Å². The lowest BCUT2D eigenvalue weighted by atomic mass is 10.1. The molecule has 0 aliphatic heterocycles. The van der Waals surface area contributed by atoms with E-state index in [1.54, 1.807) is 6.07 Å². The van der Waals surface area contributed by atoms with Crippen molar-refractivity contribution in [3.8, 4) is 0 Å². The van der Waals surface area contributed by atoms with E-state index in [0.717, 1.165) is 21.6 Å². The number of nitrogens with zero attached hydrogens (tertiary/aromatic N) is 2. The number of hydrogen-bond acceptors (Lipinski definition) is 4. The van der Waals surface area contributed by atoms with Crippen molar-refractivity contribution in [1.82, 2.24) is 9.55 Å². The van der Waals surface area contributed by atoms with Crippen LogP contribution in [0.4, 0.5) is 5.69 Å². The first-order valence-corrected chi connectivity index (χ1v) is 8.23. The van der Waals surface area contributed by atoms with E-state index in [1.165, 1.54) is 22.2 Å². The molecular formula is C17H17N3O2S. The van der Waals surface area contributed by atoms with Crippen LogP contribution in [0.1, 0.15) is 17.5 Å². The van der Waals surface area contributed by atoms with Crippen LogP contribution < -0.4 is 10.9 Å². The average molecular weight is 327 g/mol. The van der Waals surface area contributed by atoms with Gasteiger partial charge in [-0.1, -0.05) is 12.1 Å². The number of nitrogens with one attached hydrogen (secondary N) is 1. The summed E-state index contributed by atoms with van der Waals surface area (Å²) in [7, 11) is 0. The fourth-order valence-electron chi connectivity index (χ4n) is 2.37. The summed E-state index contributed by atoms with van der Waals surface area (Å²) in [4.78, 5) is 29.4. The van der Waals surface area contributed by atoms with Crippen molar-refractivity contribution < 1.29 is 4.79 Å². The Kier molecular flexibility index (Phi) is 4.25. The van der Waals surface area contributed by atoms with Crippen molar-refractivity contribution >= 4 is 33.1 Å². The molecule has 0 aliphatic rings. The zero-order valence-corrected chi connectivity index (χ0v) is 13.8. The van der Waals surface area contributed by atoms with Crippen LogP contribution in [0.15, 0.2) is 40.8 Å². The van der Waals surface area contributed by atoms with E-state index in [9.17, 15) is 9.59 Å². The Balaban J connectivity index is 1.70. The van der Waals surface area contributed by atoms with Crippen molar-refractivity contribution in [3.05, 3.63) is 57.5 Å². The lowest BCUT2D eigenvalue weighted by Gasteiger charge is -2.10. The number of carbonyl (C=O) groups excluding carboxylic acids is 1. The van der Waals surface area contributed by atoms with Gasteiger partial charge < -0.3 is 5.32 Å². The molecule has 118 valence electrons. The Morgan fingerprint density at radius 1 is 1.30 bits per heavy atom. The summed E-state index contributed by atoms with van der Waals surface area (Å²) >= 11 is 1.44. The summed E-state index contributed by atoms with van der Waals surface area (Å²) < 4.78 is 1.48. The molecule has 0 aliphatic carbocycles. The van der Waals surface area contributed by atoms with Crippen LogP contribution >= 0.6 is 11.3 Å². The number of aryl methyl sites for hydroxylation is 2. The summed E-state index contributed by atoms with van der Waals surface area (Å²) in [6.07, 6.45) is 1.73. The quantitative estimate of drug-likeness (QED) is 0.801. The van der Waals surface area contributed by atoms with Gasteiger partial charge in [0.05, 0.1) is 11.7 Å². The van der Waals surface area contributed by atoms with Crippen molar-refractivity contribution in [2.24, 2.45) is 0 Å². The Hall–Kier alpha value is -2.47. The molecule has 0 spiro atoms. The summed E-state index contributed by atoms with van der Waals surface area (Å²) in [6.45, 7) is 4.30. The van der Waals surface area contributed by atoms with Crippen LogP contribution in [0.25, 0.3) is 10.2 Å². The van der Waals surface area contributed by atoms with E-state index in [0.29, 0.717) is 11.9 Å². The zero-order valence-electron chi connectivity index (χ0n) is 13.0. The maximum absolute atomic E-state index is 12.3. The first-order valence-electron chi connectivity index (χ1n) is 7.35. The highest BCUT2D eigenvalue weighted by Crippen LogP contribution is 2.18. The van der Waals surface area contributed by atoms with Gasteiger partial charge in [-0.2, -0.15) is 0 Å². The SMILES string of the molecule is Cc1cccc(NC(=O)CCn2cnc3sccc3c2=O)c1C. The third kappa shape index (κ3) is 3.17. The van der Waals surface area contributed by atoms with Crippen LogP contribution in [0.5, 0.6) is 0 Å². The molecule has 1 aromatic carbocycles. The minimum atomic E-state index is -0.115. The number of thiophene rings is 1. The first-order chi connectivity index (χ1) is 11.1. The van der Waals surface area contributed by atoms with Crippen molar-refractivity contribution in [2.75, 3.05) is 5.32 Å². The monoisotopic (exact) mass is 327 g/mol. The standard InChI is InChI=1S/C17H17N3O2S/c1-11-4-3-5-14(12(11)2)19-15(21)6-8-20-10-18-16-13(17(20)22)7-9-23-16/h3-5,7,9-10H,6,8H2,1-2H3,(H,19,21). The van der Waals surface area contributed by atoms with Gasteiger partial charge in [0, 0.05) is 18.7 Å². The second-order valence-corrected chi connectivity index (χ2v) is 6.32. The van der Waals surface area contributed by atoms with Crippen LogP contribution in [0, 0.1) is 13.8 Å². The zero-order chi connectivity index (χ0) is 16.4. The van der Waals surface area contributed by atoms with Gasteiger partial charge in [0.2, 0.25) is 5.91 Å². The number of aromatic nitrogens is 2. The molecule has 23 heavy (non-hydrogen) atoms. The maximum Gasteiger partial charge on any atom is 0.262 e. The third-order valence-corrected chi connectivity index (χ3v) is 4.73. The van der Waals surface area contributed by atoms with Crippen LogP contribution in [0.2, 0.25) is 0 Å². The molecule has 0 saturated carbocycles. The van der Waals surface area contributed by atoms with Crippen molar-refractivity contribution in [1.29, 1.82) is 0 Å². The largest absolute Gasteiger partial charge is 0.326 e. The van der Waals surface area contributed by atoms with E-state index >= 15 is 0 Å². The summed E-state index contributed by atoms with van der Waals surface area (Å²) in [5.41, 5.74) is 2.90. The Morgan fingerprint density at radius 3 is 2.96 bits per heavy atom. The van der Waals surface area contributed by atoms with Gasteiger partial charge in [-0.15, -0.1) is 11.3 Å². The van der Waals surface area contributed by atoms with Gasteiger partial charge in [-0.25, -0.2) is 4.98 Å². The molecule has 2 heterocycles. The van der Waals surface area contributed by atoms with Crippen LogP contribution in [-0.2, 0) is 11.3 Å². The molecule has 0 unspecified atom stereocenters. The lowest BCUT2D eigenvalue weighted by Crippen LogP contribution is -2.23. The van der Waals surface area contributed by atoms with E-state index in [2.05, 4.69) is 10.3 Å². The van der Waals surface area contributed by atoms with E-state index in [1.807, 2.05) is 37.4 Å². The molecule has 6 heteroatoms. The maximum atomic E-state index is 12.3. The molecule has 1 amide bonds. The summed E-state index contributed by atoms with van der Waals surface area (Å²) in [5.74, 6) is -0.115. The van der Waals surface area contributed by atoms with Gasteiger partial charge >= 0.3 is 0 Å². The molecule has 3 aromatic rings. The number of amides is 1. The molecule has 5 nitrogen and oxygen atoms in total. The predicted molar refractivity (Wildman–Crippen MR) is 93.0 cm³/mol. The Morgan fingerprint density at radius 2 is 2.13 bits per heavy atom. The minimum absolute atomic E-state index is 0.101. The van der Waals surface area contributed by atoms with Crippen LogP contribution in [-0.4, -0.2) is 15.5 Å². The van der Waals surface area contributed by atoms with Gasteiger partial charge in [-0.3, -0.25) is 14.2 Å². The smallest absolute Gasteiger partial charge is 0.262 e. The van der Waals surface area contributed by atoms with E-state index < -0.39 is 0 Å². The number of hydrogen-bond donors (Lipinski definition) is 1. The molecule has 0 radical (unpaired) electrons. The molecular weight excluding hydrogens is 310 g/mol. The average Bonchev–Trinajstić information content (AvgIpc) is 3.01. The first kappa shape index (κ1) is 15.4. The minimum Gasteiger partial charge on any atom is -0.326 e. The molecule has 0 saturated heterocycles. The molecule has 0 fully saturated rings. The van der Waals surface area contributed by atoms with Gasteiger partial charge in [0.1, 0.15) is 4.83 Å². The fraction of sp³-hybridized carbons (Fsp3) is 0.235. The fourth-order valence-corrected chi connectivity index (χ4v) is 3.10. The predicted octanol–water partition coefficient (Wildman–Crippen LogP) is 3.10. The molecule has 0 bridgehead atoms. The Bertz CT molecular complexity index is 927. The second kappa shape index (κ2) is 6.34. The van der Waals surface area contributed by atoms with Gasteiger partial charge in [-0.05, 0) is 42.5 Å². The van der Waals surface area contributed by atoms with Crippen molar-refractivity contribution in [3.63, 3.8) is 0 Å². The molecule has 3 rings (SSSR count).